The Balaban J connectivity index is 1.33. The fourth-order valence-corrected chi connectivity index (χ4v) is 7.02. The Bertz CT molecular complexity index is 2530. The van der Waals surface area contributed by atoms with Crippen molar-refractivity contribution < 1.29 is 4.42 Å². The molecule has 0 aliphatic rings. The van der Waals surface area contributed by atoms with Crippen molar-refractivity contribution in [3.8, 4) is 33.4 Å². The number of hydrogen-bond acceptors (Lipinski definition) is 2. The van der Waals surface area contributed by atoms with E-state index in [9.17, 15) is 0 Å². The molecule has 2 heteroatoms. The van der Waals surface area contributed by atoms with Crippen LogP contribution in [0, 0.1) is 0 Å². The fraction of sp³-hybridized carbons (Fsp3) is 0. The molecule has 0 aliphatic carbocycles. The van der Waals surface area contributed by atoms with E-state index in [1.807, 2.05) is 0 Å². The molecule has 0 N–H and O–H groups in total. The second-order valence-electron chi connectivity index (χ2n) is 12.1. The zero-order valence-corrected chi connectivity index (χ0v) is 26.3. The maximum Gasteiger partial charge on any atom is 0.159 e. The summed E-state index contributed by atoms with van der Waals surface area (Å²) in [6, 6.07) is 66.7. The summed E-state index contributed by atoms with van der Waals surface area (Å²) in [4.78, 5) is 2.35. The maximum atomic E-state index is 7.10. The van der Waals surface area contributed by atoms with Crippen LogP contribution in [0.15, 0.2) is 192 Å². The van der Waals surface area contributed by atoms with Gasteiger partial charge in [-0.25, -0.2) is 0 Å². The van der Waals surface area contributed by atoms with E-state index in [-0.39, 0.29) is 0 Å². The van der Waals surface area contributed by atoms with E-state index >= 15 is 0 Å². The van der Waals surface area contributed by atoms with Crippen LogP contribution in [0.3, 0.4) is 0 Å². The Kier molecular flexibility index (Phi) is 6.84. The van der Waals surface area contributed by atoms with Gasteiger partial charge >= 0.3 is 0 Å². The van der Waals surface area contributed by atoms with Crippen molar-refractivity contribution in [1.29, 1.82) is 0 Å². The largest absolute Gasteiger partial charge is 0.453 e. The maximum absolute atomic E-state index is 7.10. The quantitative estimate of drug-likeness (QED) is 0.185. The minimum absolute atomic E-state index is 0.856. The Labute approximate surface area is 279 Å². The van der Waals surface area contributed by atoms with Gasteiger partial charge in [0.1, 0.15) is 5.58 Å². The molecule has 2 nitrogen and oxygen atoms in total. The lowest BCUT2D eigenvalue weighted by Crippen LogP contribution is -2.11. The number of para-hydroxylation sites is 2. The molecule has 0 bridgehead atoms. The fourth-order valence-electron chi connectivity index (χ4n) is 7.02. The lowest BCUT2D eigenvalue weighted by Gasteiger charge is -2.28. The van der Waals surface area contributed by atoms with Crippen LogP contribution in [0.5, 0.6) is 0 Å². The third-order valence-electron chi connectivity index (χ3n) is 9.26. The summed E-state index contributed by atoms with van der Waals surface area (Å²) in [5.74, 6) is 0. The molecule has 9 aromatic rings. The molecule has 1 heterocycles. The highest BCUT2D eigenvalue weighted by Crippen LogP contribution is 2.48. The van der Waals surface area contributed by atoms with E-state index in [4.69, 9.17) is 4.42 Å². The molecule has 0 saturated carbocycles. The highest BCUT2D eigenvalue weighted by atomic mass is 16.3. The van der Waals surface area contributed by atoms with Gasteiger partial charge in [-0.05, 0) is 63.4 Å². The molecular formula is C46H31NO. The summed E-state index contributed by atoms with van der Waals surface area (Å²) in [7, 11) is 0. The van der Waals surface area contributed by atoms with E-state index in [2.05, 4.69) is 193 Å². The predicted octanol–water partition coefficient (Wildman–Crippen LogP) is 13.2. The van der Waals surface area contributed by atoms with Gasteiger partial charge < -0.3 is 9.32 Å². The van der Waals surface area contributed by atoms with Crippen molar-refractivity contribution in [3.05, 3.63) is 188 Å². The SMILES string of the molecule is c1ccc(-c2ccc(N(c3ccccc3-c3ccccc3)c3cccc4c3oc3c(-c5ccccc5)c5ccccc5cc34)cc2)cc1. The second-order valence-corrected chi connectivity index (χ2v) is 12.1. The van der Waals surface area contributed by atoms with Crippen molar-refractivity contribution in [2.75, 3.05) is 4.90 Å². The summed E-state index contributed by atoms with van der Waals surface area (Å²) >= 11 is 0. The Morgan fingerprint density at radius 1 is 0.354 bits per heavy atom. The number of furan rings is 1. The normalized spacial score (nSPS) is 11.3. The zero-order valence-electron chi connectivity index (χ0n) is 26.3. The Hall–Kier alpha value is -6.38. The highest BCUT2D eigenvalue weighted by molar-refractivity contribution is 6.20. The lowest BCUT2D eigenvalue weighted by atomic mass is 9.95. The molecule has 48 heavy (non-hydrogen) atoms. The number of rotatable bonds is 6. The van der Waals surface area contributed by atoms with E-state index < -0.39 is 0 Å². The van der Waals surface area contributed by atoms with E-state index in [1.165, 1.54) is 21.9 Å². The smallest absolute Gasteiger partial charge is 0.159 e. The van der Waals surface area contributed by atoms with E-state index in [1.54, 1.807) is 0 Å². The van der Waals surface area contributed by atoms with Crippen LogP contribution < -0.4 is 4.90 Å². The molecule has 0 spiro atoms. The highest BCUT2D eigenvalue weighted by Gasteiger charge is 2.23. The molecule has 0 atom stereocenters. The van der Waals surface area contributed by atoms with Gasteiger partial charge in [0.15, 0.2) is 5.58 Å². The van der Waals surface area contributed by atoms with Crippen molar-refractivity contribution >= 4 is 49.8 Å². The van der Waals surface area contributed by atoms with Crippen LogP contribution in [0.4, 0.5) is 17.1 Å². The van der Waals surface area contributed by atoms with E-state index in [0.717, 1.165) is 61.3 Å². The first-order valence-electron chi connectivity index (χ1n) is 16.4. The summed E-state index contributed by atoms with van der Waals surface area (Å²) in [6.07, 6.45) is 0. The first kappa shape index (κ1) is 27.9. The number of anilines is 3. The van der Waals surface area contributed by atoms with Crippen LogP contribution in [-0.4, -0.2) is 0 Å². The number of hydrogen-bond donors (Lipinski definition) is 0. The molecular weight excluding hydrogens is 583 g/mol. The topological polar surface area (TPSA) is 16.4 Å². The predicted molar refractivity (Wildman–Crippen MR) is 202 cm³/mol. The zero-order chi connectivity index (χ0) is 31.9. The average molecular weight is 614 g/mol. The first-order chi connectivity index (χ1) is 23.8. The number of benzene rings is 8. The van der Waals surface area contributed by atoms with Crippen molar-refractivity contribution in [2.24, 2.45) is 0 Å². The molecule has 0 amide bonds. The van der Waals surface area contributed by atoms with Crippen molar-refractivity contribution in [3.63, 3.8) is 0 Å². The van der Waals surface area contributed by atoms with Crippen LogP contribution >= 0.6 is 0 Å². The Morgan fingerprint density at radius 3 is 1.67 bits per heavy atom. The summed E-state index contributed by atoms with van der Waals surface area (Å²) < 4.78 is 7.10. The summed E-state index contributed by atoms with van der Waals surface area (Å²) in [5.41, 5.74) is 11.8. The second kappa shape index (κ2) is 11.8. The molecule has 0 unspecified atom stereocenters. The van der Waals surface area contributed by atoms with Crippen LogP contribution in [-0.2, 0) is 0 Å². The standard InChI is InChI=1S/C46H31NO/c1-4-15-32(16-5-1)33-27-29-37(30-28-33)47(42-25-13-12-22-38(42)34-17-6-2-7-18-34)43-26-14-24-40-41-31-36-21-10-11-23-39(36)44(46(41)48-45(40)43)35-19-8-3-9-20-35/h1-31H. The van der Waals surface area contributed by atoms with Crippen molar-refractivity contribution in [1.82, 2.24) is 0 Å². The molecule has 1 aromatic heterocycles. The minimum Gasteiger partial charge on any atom is -0.453 e. The van der Waals surface area contributed by atoms with Gasteiger partial charge in [-0.3, -0.25) is 0 Å². The monoisotopic (exact) mass is 613 g/mol. The molecule has 0 radical (unpaired) electrons. The van der Waals surface area contributed by atoms with Gasteiger partial charge in [0.2, 0.25) is 0 Å². The number of nitrogens with zero attached hydrogens (tertiary/aromatic N) is 1. The van der Waals surface area contributed by atoms with Gasteiger partial charge in [-0.15, -0.1) is 0 Å². The van der Waals surface area contributed by atoms with Gasteiger partial charge in [-0.2, -0.15) is 0 Å². The van der Waals surface area contributed by atoms with E-state index in [0.29, 0.717) is 0 Å². The summed E-state index contributed by atoms with van der Waals surface area (Å²) in [6.45, 7) is 0. The number of fused-ring (bicyclic) bond motifs is 4. The molecule has 9 rings (SSSR count). The summed E-state index contributed by atoms with van der Waals surface area (Å²) in [5, 5.41) is 4.58. The average Bonchev–Trinajstić information content (AvgIpc) is 3.54. The van der Waals surface area contributed by atoms with Crippen LogP contribution in [0.25, 0.3) is 66.1 Å². The van der Waals surface area contributed by atoms with Crippen LogP contribution in [0.2, 0.25) is 0 Å². The van der Waals surface area contributed by atoms with Gasteiger partial charge in [0.05, 0.1) is 11.4 Å². The van der Waals surface area contributed by atoms with Gasteiger partial charge in [0, 0.05) is 27.6 Å². The molecule has 226 valence electrons. The van der Waals surface area contributed by atoms with Gasteiger partial charge in [0.25, 0.3) is 0 Å². The third kappa shape index (κ3) is 4.74. The van der Waals surface area contributed by atoms with Gasteiger partial charge in [-0.1, -0.05) is 158 Å². The molecule has 0 saturated heterocycles. The lowest BCUT2D eigenvalue weighted by molar-refractivity contribution is 0.670. The molecule has 8 aromatic carbocycles. The Morgan fingerprint density at radius 2 is 0.917 bits per heavy atom. The van der Waals surface area contributed by atoms with Crippen molar-refractivity contribution in [2.45, 2.75) is 0 Å². The first-order valence-corrected chi connectivity index (χ1v) is 16.4. The third-order valence-corrected chi connectivity index (χ3v) is 9.26. The minimum atomic E-state index is 0.856. The van der Waals surface area contributed by atoms with Crippen LogP contribution in [0.1, 0.15) is 0 Å². The molecule has 0 fully saturated rings. The molecule has 0 aliphatic heterocycles.